The van der Waals surface area contributed by atoms with Gasteiger partial charge in [-0.3, -0.25) is 0 Å². The smallest absolute Gasteiger partial charge is 0.164 e. The van der Waals surface area contributed by atoms with Crippen LogP contribution in [0.5, 0.6) is 0 Å². The van der Waals surface area contributed by atoms with Gasteiger partial charge in [0.25, 0.3) is 0 Å². The van der Waals surface area contributed by atoms with Crippen molar-refractivity contribution in [2.24, 2.45) is 0 Å². The monoisotopic (exact) mass is 585 g/mol. The summed E-state index contributed by atoms with van der Waals surface area (Å²) in [6, 6.07) is 40.1. The minimum absolute atomic E-state index is 0.0825. The van der Waals surface area contributed by atoms with E-state index in [1.54, 1.807) is 0 Å². The second-order valence-electron chi connectivity index (χ2n) is 13.6. The lowest BCUT2D eigenvalue weighted by atomic mass is 9.63. The fourth-order valence-electron chi connectivity index (χ4n) is 6.80. The van der Waals surface area contributed by atoms with Gasteiger partial charge >= 0.3 is 0 Å². The van der Waals surface area contributed by atoms with Crippen LogP contribution in [-0.4, -0.2) is 15.0 Å². The van der Waals surface area contributed by atoms with E-state index in [-0.39, 0.29) is 10.8 Å². The number of hydrogen-bond acceptors (Lipinski definition) is 4. The molecule has 1 aliphatic rings. The summed E-state index contributed by atoms with van der Waals surface area (Å²) in [5.74, 6) is 1.95. The minimum atomic E-state index is 0.0825. The number of fused-ring (bicyclic) bond motifs is 4. The summed E-state index contributed by atoms with van der Waals surface area (Å²) in [6.45, 7) is 9.42. The summed E-state index contributed by atoms with van der Waals surface area (Å²) in [4.78, 5) is 15.2. The van der Waals surface area contributed by atoms with Gasteiger partial charge in [0, 0.05) is 27.5 Å². The van der Waals surface area contributed by atoms with Crippen molar-refractivity contribution in [3.05, 3.63) is 126 Å². The van der Waals surface area contributed by atoms with Gasteiger partial charge in [-0.2, -0.15) is 0 Å². The fourth-order valence-corrected chi connectivity index (χ4v) is 6.80. The van der Waals surface area contributed by atoms with Crippen molar-refractivity contribution in [2.75, 3.05) is 0 Å². The largest absolute Gasteiger partial charge is 0.456 e. The predicted octanol–water partition coefficient (Wildman–Crippen LogP) is 10.8. The molecule has 4 heteroatoms. The van der Waals surface area contributed by atoms with Crippen molar-refractivity contribution in [3.63, 3.8) is 0 Å². The Balaban J connectivity index is 1.29. The van der Waals surface area contributed by atoms with E-state index in [1.165, 1.54) is 23.1 Å². The minimum Gasteiger partial charge on any atom is -0.456 e. The second kappa shape index (κ2) is 10.2. The van der Waals surface area contributed by atoms with Crippen LogP contribution in [0.2, 0.25) is 0 Å². The Morgan fingerprint density at radius 3 is 1.69 bits per heavy atom. The molecule has 0 saturated carbocycles. The van der Waals surface area contributed by atoms with Gasteiger partial charge in [-0.15, -0.1) is 0 Å². The van der Waals surface area contributed by atoms with Gasteiger partial charge in [0.1, 0.15) is 11.2 Å². The highest BCUT2D eigenvalue weighted by Crippen LogP contribution is 2.46. The first-order valence-corrected chi connectivity index (χ1v) is 15.7. The summed E-state index contributed by atoms with van der Waals surface area (Å²) < 4.78 is 6.23. The number of para-hydroxylation sites is 1. The van der Waals surface area contributed by atoms with Crippen LogP contribution in [0.1, 0.15) is 51.7 Å². The summed E-state index contributed by atoms with van der Waals surface area (Å²) in [7, 11) is 0. The van der Waals surface area contributed by atoms with Crippen molar-refractivity contribution in [1.29, 1.82) is 0 Å². The third kappa shape index (κ3) is 4.82. The van der Waals surface area contributed by atoms with Gasteiger partial charge in [0.05, 0.1) is 0 Å². The van der Waals surface area contributed by atoms with E-state index in [0.29, 0.717) is 17.5 Å². The van der Waals surface area contributed by atoms with Gasteiger partial charge < -0.3 is 4.42 Å². The van der Waals surface area contributed by atoms with E-state index in [2.05, 4.69) is 119 Å². The molecule has 0 bridgehead atoms. The Bertz CT molecular complexity index is 2210. The second-order valence-corrected chi connectivity index (χ2v) is 13.6. The summed E-state index contributed by atoms with van der Waals surface area (Å²) >= 11 is 0. The van der Waals surface area contributed by atoms with Gasteiger partial charge in [-0.1, -0.05) is 119 Å². The molecule has 0 N–H and O–H groups in total. The Hall–Kier alpha value is -5.09. The van der Waals surface area contributed by atoms with Crippen molar-refractivity contribution < 1.29 is 4.42 Å². The SMILES string of the molecule is CC1(C)CCC(C)(C)c2cc(-c3nc(-c4ccc(-c5ccccc5)cc4)nc(-c4ccc5c(c4)oc4ccccc45)n3)ccc21. The molecule has 0 atom stereocenters. The molecule has 4 nitrogen and oxygen atoms in total. The van der Waals surface area contributed by atoms with Crippen molar-refractivity contribution in [1.82, 2.24) is 15.0 Å². The van der Waals surface area contributed by atoms with Crippen LogP contribution in [0.15, 0.2) is 120 Å². The lowest BCUT2D eigenvalue weighted by molar-refractivity contribution is 0.332. The van der Waals surface area contributed by atoms with Gasteiger partial charge in [0.2, 0.25) is 0 Å². The fraction of sp³-hybridized carbons (Fsp3) is 0.195. The average molecular weight is 586 g/mol. The van der Waals surface area contributed by atoms with E-state index in [4.69, 9.17) is 19.4 Å². The molecule has 1 aliphatic carbocycles. The standard InChI is InChI=1S/C41H35N3O/c1-40(2)22-23-41(3,4)34-24-29(19-21-33(34)40)38-42-37(28-16-14-27(15-17-28)26-10-6-5-7-11-26)43-39(44-38)30-18-20-32-31-12-8-9-13-35(31)45-36(32)25-30/h5-21,24-25H,22-23H2,1-4H3. The Morgan fingerprint density at radius 1 is 0.444 bits per heavy atom. The van der Waals surface area contributed by atoms with Gasteiger partial charge in [-0.25, -0.2) is 15.0 Å². The molecule has 2 aromatic heterocycles. The lowest BCUT2D eigenvalue weighted by Gasteiger charge is -2.42. The first-order chi connectivity index (χ1) is 21.7. The average Bonchev–Trinajstić information content (AvgIpc) is 3.45. The van der Waals surface area contributed by atoms with Crippen LogP contribution >= 0.6 is 0 Å². The van der Waals surface area contributed by atoms with Crippen molar-refractivity contribution in [2.45, 2.75) is 51.4 Å². The first kappa shape index (κ1) is 27.5. The zero-order chi connectivity index (χ0) is 30.8. The number of hydrogen-bond donors (Lipinski definition) is 0. The molecule has 0 radical (unpaired) electrons. The molecule has 0 amide bonds. The molecule has 5 aromatic carbocycles. The van der Waals surface area contributed by atoms with Crippen LogP contribution in [-0.2, 0) is 10.8 Å². The van der Waals surface area contributed by atoms with Crippen LogP contribution < -0.4 is 0 Å². The normalized spacial score (nSPS) is 15.3. The molecular weight excluding hydrogens is 550 g/mol. The molecule has 0 spiro atoms. The molecule has 0 aliphatic heterocycles. The van der Waals surface area contributed by atoms with Gasteiger partial charge in [-0.05, 0) is 70.2 Å². The van der Waals surface area contributed by atoms with Crippen LogP contribution in [0.4, 0.5) is 0 Å². The number of furan rings is 1. The highest BCUT2D eigenvalue weighted by atomic mass is 16.3. The molecule has 0 saturated heterocycles. The van der Waals surface area contributed by atoms with E-state index in [0.717, 1.165) is 50.6 Å². The van der Waals surface area contributed by atoms with Crippen LogP contribution in [0.25, 0.3) is 67.2 Å². The number of nitrogens with zero attached hydrogens (tertiary/aromatic N) is 3. The number of rotatable bonds is 4. The Labute approximate surface area is 263 Å². The zero-order valence-corrected chi connectivity index (χ0v) is 26.1. The van der Waals surface area contributed by atoms with E-state index >= 15 is 0 Å². The summed E-state index contributed by atoms with van der Waals surface area (Å²) in [5, 5.41) is 2.19. The lowest BCUT2D eigenvalue weighted by Crippen LogP contribution is -2.33. The molecule has 8 rings (SSSR count). The van der Waals surface area contributed by atoms with Crippen LogP contribution in [0, 0.1) is 0 Å². The highest BCUT2D eigenvalue weighted by Gasteiger charge is 2.37. The third-order valence-corrected chi connectivity index (χ3v) is 9.63. The van der Waals surface area contributed by atoms with E-state index in [9.17, 15) is 0 Å². The predicted molar refractivity (Wildman–Crippen MR) is 184 cm³/mol. The van der Waals surface area contributed by atoms with Crippen molar-refractivity contribution >= 4 is 21.9 Å². The molecule has 7 aromatic rings. The third-order valence-electron chi connectivity index (χ3n) is 9.63. The van der Waals surface area contributed by atoms with Crippen molar-refractivity contribution in [3.8, 4) is 45.3 Å². The van der Waals surface area contributed by atoms with Gasteiger partial charge in [0.15, 0.2) is 17.5 Å². The maximum absolute atomic E-state index is 6.23. The maximum Gasteiger partial charge on any atom is 0.164 e. The molecule has 0 fully saturated rings. The molecular formula is C41H35N3O. The summed E-state index contributed by atoms with van der Waals surface area (Å²) in [6.07, 6.45) is 2.32. The Kier molecular flexibility index (Phi) is 6.25. The first-order valence-electron chi connectivity index (χ1n) is 15.7. The molecule has 45 heavy (non-hydrogen) atoms. The number of aromatic nitrogens is 3. The molecule has 0 unspecified atom stereocenters. The molecule has 2 heterocycles. The topological polar surface area (TPSA) is 51.8 Å². The van der Waals surface area contributed by atoms with E-state index < -0.39 is 0 Å². The Morgan fingerprint density at radius 2 is 0.956 bits per heavy atom. The zero-order valence-electron chi connectivity index (χ0n) is 26.1. The maximum atomic E-state index is 6.23. The quantitative estimate of drug-likeness (QED) is 0.206. The highest BCUT2D eigenvalue weighted by molar-refractivity contribution is 6.05. The summed E-state index contributed by atoms with van der Waals surface area (Å²) in [5.41, 5.74) is 9.91. The van der Waals surface area contributed by atoms with E-state index in [1.807, 2.05) is 24.3 Å². The van der Waals surface area contributed by atoms with Crippen LogP contribution in [0.3, 0.4) is 0 Å². The molecule has 220 valence electrons. The number of benzene rings is 5.